The third-order valence-electron chi connectivity index (χ3n) is 3.78. The number of anilines is 1. The summed E-state index contributed by atoms with van der Waals surface area (Å²) in [6.45, 7) is 0.715. The van der Waals surface area contributed by atoms with Gasteiger partial charge in [0.15, 0.2) is 5.60 Å². The van der Waals surface area contributed by atoms with E-state index < -0.39 is 24.1 Å². The SMILES string of the molecule is CC(O)(CNC(=O)Nc1ccccc1OC1CCCC1)C(=O)O. The number of para-hydroxylation sites is 2. The molecule has 0 radical (unpaired) electrons. The van der Waals surface area contributed by atoms with Crippen LogP contribution in [-0.2, 0) is 4.79 Å². The number of aliphatic carboxylic acids is 1. The van der Waals surface area contributed by atoms with E-state index in [0.29, 0.717) is 11.4 Å². The van der Waals surface area contributed by atoms with Gasteiger partial charge in [0, 0.05) is 0 Å². The van der Waals surface area contributed by atoms with Crippen LogP contribution in [-0.4, -0.2) is 40.5 Å². The maximum atomic E-state index is 11.9. The number of rotatable bonds is 6. The summed E-state index contributed by atoms with van der Waals surface area (Å²) in [5.41, 5.74) is -1.51. The molecule has 7 nitrogen and oxygen atoms in total. The van der Waals surface area contributed by atoms with Crippen molar-refractivity contribution in [2.45, 2.75) is 44.3 Å². The van der Waals surface area contributed by atoms with Crippen LogP contribution in [0, 0.1) is 0 Å². The molecule has 0 bridgehead atoms. The van der Waals surface area contributed by atoms with Crippen molar-refractivity contribution in [3.05, 3.63) is 24.3 Å². The van der Waals surface area contributed by atoms with Crippen LogP contribution in [0.4, 0.5) is 10.5 Å². The van der Waals surface area contributed by atoms with E-state index in [1.165, 1.54) is 0 Å². The van der Waals surface area contributed by atoms with Gasteiger partial charge in [-0.15, -0.1) is 0 Å². The highest BCUT2D eigenvalue weighted by atomic mass is 16.5. The molecule has 2 rings (SSSR count). The summed E-state index contributed by atoms with van der Waals surface area (Å²) in [6.07, 6.45) is 4.45. The van der Waals surface area contributed by atoms with Crippen LogP contribution in [0.5, 0.6) is 5.75 Å². The van der Waals surface area contributed by atoms with Gasteiger partial charge >= 0.3 is 12.0 Å². The topological polar surface area (TPSA) is 108 Å². The van der Waals surface area contributed by atoms with Crippen molar-refractivity contribution in [3.63, 3.8) is 0 Å². The van der Waals surface area contributed by atoms with E-state index in [-0.39, 0.29) is 6.10 Å². The number of aliphatic hydroxyl groups is 1. The van der Waals surface area contributed by atoms with Crippen LogP contribution in [0.3, 0.4) is 0 Å². The Kier molecular flexibility index (Phi) is 5.44. The first kappa shape index (κ1) is 17.1. The Hall–Kier alpha value is -2.28. The number of benzene rings is 1. The zero-order valence-corrected chi connectivity index (χ0v) is 13.0. The zero-order valence-electron chi connectivity index (χ0n) is 13.0. The first-order valence-corrected chi connectivity index (χ1v) is 7.65. The Morgan fingerprint density at radius 2 is 1.96 bits per heavy atom. The molecule has 1 atom stereocenters. The Morgan fingerprint density at radius 3 is 2.61 bits per heavy atom. The number of carbonyl (C=O) groups is 2. The number of nitrogens with one attached hydrogen (secondary N) is 2. The smallest absolute Gasteiger partial charge is 0.337 e. The lowest BCUT2D eigenvalue weighted by molar-refractivity contribution is -0.155. The lowest BCUT2D eigenvalue weighted by Crippen LogP contribution is -2.47. The van der Waals surface area contributed by atoms with Gasteiger partial charge in [0.25, 0.3) is 0 Å². The highest BCUT2D eigenvalue weighted by molar-refractivity contribution is 5.91. The van der Waals surface area contributed by atoms with Gasteiger partial charge in [-0.1, -0.05) is 12.1 Å². The van der Waals surface area contributed by atoms with Gasteiger partial charge in [0.1, 0.15) is 5.75 Å². The first-order chi connectivity index (χ1) is 10.9. The lowest BCUT2D eigenvalue weighted by Gasteiger charge is -2.20. The fourth-order valence-electron chi connectivity index (χ4n) is 2.35. The quantitative estimate of drug-likeness (QED) is 0.640. The van der Waals surface area contributed by atoms with Crippen molar-refractivity contribution in [2.24, 2.45) is 0 Å². The average molecular weight is 322 g/mol. The van der Waals surface area contributed by atoms with Crippen molar-refractivity contribution in [2.75, 3.05) is 11.9 Å². The van der Waals surface area contributed by atoms with Gasteiger partial charge in [-0.3, -0.25) is 0 Å². The number of urea groups is 1. The summed E-state index contributed by atoms with van der Waals surface area (Å²) in [4.78, 5) is 22.7. The van der Waals surface area contributed by atoms with Crippen LogP contribution in [0.2, 0.25) is 0 Å². The lowest BCUT2D eigenvalue weighted by atomic mass is 10.1. The van der Waals surface area contributed by atoms with Crippen molar-refractivity contribution >= 4 is 17.7 Å². The van der Waals surface area contributed by atoms with Crippen molar-refractivity contribution in [1.82, 2.24) is 5.32 Å². The molecule has 0 aromatic heterocycles. The summed E-state index contributed by atoms with van der Waals surface area (Å²) in [7, 11) is 0. The average Bonchev–Trinajstić information content (AvgIpc) is 3.00. The van der Waals surface area contributed by atoms with Gasteiger partial charge in [0.2, 0.25) is 0 Å². The van der Waals surface area contributed by atoms with Gasteiger partial charge < -0.3 is 25.6 Å². The Morgan fingerprint density at radius 1 is 1.30 bits per heavy atom. The number of hydrogen-bond acceptors (Lipinski definition) is 4. The number of hydrogen-bond donors (Lipinski definition) is 4. The minimum atomic E-state index is -2.02. The van der Waals surface area contributed by atoms with E-state index >= 15 is 0 Å². The Labute approximate surface area is 134 Å². The fourth-order valence-corrected chi connectivity index (χ4v) is 2.35. The van der Waals surface area contributed by atoms with Crippen LogP contribution in [0.25, 0.3) is 0 Å². The minimum absolute atomic E-state index is 0.161. The second-order valence-electron chi connectivity index (χ2n) is 5.91. The molecule has 0 saturated heterocycles. The third-order valence-corrected chi connectivity index (χ3v) is 3.78. The Bertz CT molecular complexity index is 567. The summed E-state index contributed by atoms with van der Waals surface area (Å²) < 4.78 is 5.90. The predicted octanol–water partition coefficient (Wildman–Crippen LogP) is 1.97. The standard InChI is InChI=1S/C16H22N2O5/c1-16(22,14(19)20)10-17-15(21)18-12-8-4-5-9-13(12)23-11-6-2-3-7-11/h4-5,8-9,11,22H,2-3,6-7,10H2,1H3,(H,19,20)(H2,17,18,21). The molecule has 0 aliphatic heterocycles. The third kappa shape index (κ3) is 4.85. The molecule has 7 heteroatoms. The van der Waals surface area contributed by atoms with E-state index in [9.17, 15) is 14.7 Å². The molecule has 0 heterocycles. The normalized spacial score (nSPS) is 17.3. The molecule has 4 N–H and O–H groups in total. The number of amides is 2. The molecule has 0 spiro atoms. The van der Waals surface area contributed by atoms with Crippen LogP contribution in [0.15, 0.2) is 24.3 Å². The summed E-state index contributed by atoms with van der Waals surface area (Å²) in [5, 5.41) is 23.3. The summed E-state index contributed by atoms with van der Waals surface area (Å²) in [5.74, 6) is -0.817. The molecule has 1 aromatic rings. The summed E-state index contributed by atoms with van der Waals surface area (Å²) >= 11 is 0. The maximum absolute atomic E-state index is 11.9. The molecule has 1 aliphatic carbocycles. The van der Waals surface area contributed by atoms with Crippen molar-refractivity contribution in [3.8, 4) is 5.75 Å². The van der Waals surface area contributed by atoms with Crippen molar-refractivity contribution in [1.29, 1.82) is 0 Å². The number of carboxylic acid groups (broad SMARTS) is 1. The van der Waals surface area contributed by atoms with Crippen LogP contribution < -0.4 is 15.4 Å². The van der Waals surface area contributed by atoms with Crippen LogP contribution in [0.1, 0.15) is 32.6 Å². The molecule has 1 fully saturated rings. The second kappa shape index (κ2) is 7.32. The van der Waals surface area contributed by atoms with Gasteiger partial charge in [-0.05, 0) is 44.7 Å². The van der Waals surface area contributed by atoms with E-state index in [1.807, 2.05) is 6.07 Å². The first-order valence-electron chi connectivity index (χ1n) is 7.65. The van der Waals surface area contributed by atoms with E-state index in [0.717, 1.165) is 32.6 Å². The van der Waals surface area contributed by atoms with Crippen LogP contribution >= 0.6 is 0 Å². The molecular weight excluding hydrogens is 300 g/mol. The van der Waals surface area contributed by atoms with Gasteiger partial charge in [-0.2, -0.15) is 0 Å². The number of carboxylic acids is 1. The van der Waals surface area contributed by atoms with E-state index in [4.69, 9.17) is 9.84 Å². The molecular formula is C16H22N2O5. The number of ether oxygens (including phenoxy) is 1. The van der Waals surface area contributed by atoms with E-state index in [2.05, 4.69) is 10.6 Å². The highest BCUT2D eigenvalue weighted by Crippen LogP contribution is 2.29. The zero-order chi connectivity index (χ0) is 16.9. The molecule has 1 saturated carbocycles. The molecule has 1 aliphatic rings. The molecule has 126 valence electrons. The van der Waals surface area contributed by atoms with Gasteiger partial charge in [-0.25, -0.2) is 9.59 Å². The second-order valence-corrected chi connectivity index (χ2v) is 5.91. The number of carbonyl (C=O) groups excluding carboxylic acids is 1. The van der Waals surface area contributed by atoms with E-state index in [1.54, 1.807) is 18.2 Å². The largest absolute Gasteiger partial charge is 0.488 e. The molecule has 1 unspecified atom stereocenters. The maximum Gasteiger partial charge on any atom is 0.337 e. The predicted molar refractivity (Wildman–Crippen MR) is 84.6 cm³/mol. The van der Waals surface area contributed by atoms with Crippen molar-refractivity contribution < 1.29 is 24.5 Å². The highest BCUT2D eigenvalue weighted by Gasteiger charge is 2.30. The minimum Gasteiger partial charge on any atom is -0.488 e. The molecule has 23 heavy (non-hydrogen) atoms. The molecule has 2 amide bonds. The summed E-state index contributed by atoms with van der Waals surface area (Å²) in [6, 6.07) is 6.47. The fraction of sp³-hybridized carbons (Fsp3) is 0.500. The Balaban J connectivity index is 1.94. The monoisotopic (exact) mass is 322 g/mol. The molecule has 1 aromatic carbocycles. The van der Waals surface area contributed by atoms with Gasteiger partial charge in [0.05, 0.1) is 18.3 Å².